The Kier molecular flexibility index (Phi) is 2.97. The molecule has 5 heteroatoms. The fourth-order valence-electron chi connectivity index (χ4n) is 2.64. The molecule has 1 aromatic rings. The molecule has 0 aromatic carbocycles. The molecule has 86 valence electrons. The lowest BCUT2D eigenvalue weighted by atomic mass is 10.0. The van der Waals surface area contributed by atoms with Gasteiger partial charge in [-0.3, -0.25) is 0 Å². The predicted octanol–water partition coefficient (Wildman–Crippen LogP) is 1.74. The molecule has 2 aliphatic rings. The zero-order chi connectivity index (χ0) is 11.0. The Labute approximate surface area is 108 Å². The number of aromatic nitrogens is 2. The van der Waals surface area contributed by atoms with Crippen LogP contribution in [0.2, 0.25) is 0 Å². The first-order chi connectivity index (χ1) is 7.79. The number of hydrogen-bond acceptors (Lipinski definition) is 4. The molecule has 0 radical (unpaired) electrons. The van der Waals surface area contributed by atoms with Crippen molar-refractivity contribution in [3.05, 3.63) is 15.8 Å². The third-order valence-electron chi connectivity index (χ3n) is 3.32. The molecule has 2 saturated heterocycles. The molecule has 4 nitrogen and oxygen atoms in total. The summed E-state index contributed by atoms with van der Waals surface area (Å²) in [5, 5.41) is 11.6. The van der Waals surface area contributed by atoms with Crippen molar-refractivity contribution in [1.29, 1.82) is 0 Å². The van der Waals surface area contributed by atoms with Gasteiger partial charge in [0.05, 0.1) is 0 Å². The predicted molar refractivity (Wildman–Crippen MR) is 68.3 cm³/mol. The monoisotopic (exact) mass is 331 g/mol. The van der Waals surface area contributed by atoms with Gasteiger partial charge in [0.2, 0.25) is 5.88 Å². The summed E-state index contributed by atoms with van der Waals surface area (Å²) in [5.41, 5.74) is 0. The van der Waals surface area contributed by atoms with Crippen LogP contribution in [0.3, 0.4) is 0 Å². The van der Waals surface area contributed by atoms with Gasteiger partial charge >= 0.3 is 0 Å². The molecular weight excluding hydrogens is 317 g/mol. The second-order valence-electron chi connectivity index (χ2n) is 4.54. The van der Waals surface area contributed by atoms with Crippen LogP contribution >= 0.6 is 22.6 Å². The van der Waals surface area contributed by atoms with E-state index in [-0.39, 0.29) is 0 Å². The molecule has 2 bridgehead atoms. The Hall–Kier alpha value is -0.430. The average molecular weight is 331 g/mol. The highest BCUT2D eigenvalue weighted by atomic mass is 127. The molecule has 1 aromatic heterocycles. The van der Waals surface area contributed by atoms with Crippen LogP contribution in [-0.4, -0.2) is 28.4 Å². The van der Waals surface area contributed by atoms with Crippen LogP contribution < -0.4 is 10.1 Å². The van der Waals surface area contributed by atoms with Gasteiger partial charge < -0.3 is 10.1 Å². The van der Waals surface area contributed by atoms with Gasteiger partial charge in [-0.1, -0.05) is 0 Å². The first-order valence-corrected chi connectivity index (χ1v) is 6.79. The van der Waals surface area contributed by atoms with E-state index in [2.05, 4.69) is 38.1 Å². The molecule has 0 amide bonds. The summed E-state index contributed by atoms with van der Waals surface area (Å²) in [5.74, 6) is 0.659. The standard InChI is InChI=1S/C11H14IN3O/c12-10-3-4-11(15-14-10)16-9-5-7-1-2-8(6-9)13-7/h3-4,7-9,13H,1-2,5-6H2. The van der Waals surface area contributed by atoms with Gasteiger partial charge in [0.1, 0.15) is 9.80 Å². The minimum atomic E-state index is 0.313. The summed E-state index contributed by atoms with van der Waals surface area (Å²) in [4.78, 5) is 0. The number of halogens is 1. The van der Waals surface area contributed by atoms with Crippen molar-refractivity contribution in [1.82, 2.24) is 15.5 Å². The number of nitrogens with zero attached hydrogens (tertiary/aromatic N) is 2. The van der Waals surface area contributed by atoms with Gasteiger partial charge in [0.25, 0.3) is 0 Å². The van der Waals surface area contributed by atoms with E-state index < -0.39 is 0 Å². The van der Waals surface area contributed by atoms with E-state index in [0.717, 1.165) is 16.5 Å². The number of ether oxygens (including phenoxy) is 1. The summed E-state index contributed by atoms with van der Waals surface area (Å²) in [6, 6.07) is 5.14. The van der Waals surface area contributed by atoms with Crippen LogP contribution in [0.1, 0.15) is 25.7 Å². The minimum Gasteiger partial charge on any atom is -0.473 e. The first kappa shape index (κ1) is 10.7. The van der Waals surface area contributed by atoms with Gasteiger partial charge in [0, 0.05) is 18.2 Å². The molecule has 3 rings (SSSR count). The lowest BCUT2D eigenvalue weighted by Gasteiger charge is -2.28. The molecule has 0 aliphatic carbocycles. The second kappa shape index (κ2) is 4.44. The number of fused-ring (bicyclic) bond motifs is 2. The molecule has 3 heterocycles. The quantitative estimate of drug-likeness (QED) is 0.839. The fraction of sp³-hybridized carbons (Fsp3) is 0.636. The molecule has 0 spiro atoms. The number of rotatable bonds is 2. The maximum Gasteiger partial charge on any atom is 0.233 e. The summed E-state index contributed by atoms with van der Waals surface area (Å²) in [6.07, 6.45) is 5.10. The minimum absolute atomic E-state index is 0.313. The van der Waals surface area contributed by atoms with Crippen molar-refractivity contribution in [2.75, 3.05) is 0 Å². The summed E-state index contributed by atoms with van der Waals surface area (Å²) in [6.45, 7) is 0. The Morgan fingerprint density at radius 2 is 1.94 bits per heavy atom. The van der Waals surface area contributed by atoms with Crippen LogP contribution in [0.4, 0.5) is 0 Å². The third kappa shape index (κ3) is 2.29. The van der Waals surface area contributed by atoms with E-state index in [9.17, 15) is 0 Å². The average Bonchev–Trinajstić information content (AvgIpc) is 2.62. The molecule has 2 atom stereocenters. The van der Waals surface area contributed by atoms with Crippen LogP contribution in [0.25, 0.3) is 0 Å². The lowest BCUT2D eigenvalue weighted by Crippen LogP contribution is -2.42. The number of piperidine rings is 1. The largest absolute Gasteiger partial charge is 0.473 e. The normalized spacial score (nSPS) is 32.7. The van der Waals surface area contributed by atoms with E-state index >= 15 is 0 Å². The van der Waals surface area contributed by atoms with Gasteiger partial charge in [-0.15, -0.1) is 10.2 Å². The zero-order valence-electron chi connectivity index (χ0n) is 8.90. The maximum absolute atomic E-state index is 5.87. The second-order valence-corrected chi connectivity index (χ2v) is 5.65. The Morgan fingerprint density at radius 1 is 1.19 bits per heavy atom. The van der Waals surface area contributed by atoms with E-state index in [1.807, 2.05) is 12.1 Å². The topological polar surface area (TPSA) is 47.0 Å². The Morgan fingerprint density at radius 3 is 2.56 bits per heavy atom. The Balaban J connectivity index is 1.64. The molecule has 2 fully saturated rings. The molecule has 1 N–H and O–H groups in total. The smallest absolute Gasteiger partial charge is 0.233 e. The Bertz CT molecular complexity index is 358. The molecule has 2 aliphatic heterocycles. The van der Waals surface area contributed by atoms with Crippen LogP contribution in [0.5, 0.6) is 5.88 Å². The maximum atomic E-state index is 5.87. The van der Waals surface area contributed by atoms with Crippen LogP contribution in [-0.2, 0) is 0 Å². The van der Waals surface area contributed by atoms with E-state index in [1.54, 1.807) is 0 Å². The van der Waals surface area contributed by atoms with Crippen LogP contribution in [0.15, 0.2) is 12.1 Å². The van der Waals surface area contributed by atoms with Gasteiger partial charge in [0.15, 0.2) is 0 Å². The lowest BCUT2D eigenvalue weighted by molar-refractivity contribution is 0.130. The van der Waals surface area contributed by atoms with Crippen LogP contribution in [0, 0.1) is 3.70 Å². The highest BCUT2D eigenvalue weighted by Gasteiger charge is 2.34. The van der Waals surface area contributed by atoms with Crippen molar-refractivity contribution in [2.45, 2.75) is 43.9 Å². The summed E-state index contributed by atoms with van der Waals surface area (Å²) in [7, 11) is 0. The van der Waals surface area contributed by atoms with E-state index in [4.69, 9.17) is 4.74 Å². The SMILES string of the molecule is Ic1ccc(OC2CC3CCC(C2)N3)nn1. The summed E-state index contributed by atoms with van der Waals surface area (Å²) >= 11 is 2.14. The van der Waals surface area contributed by atoms with Gasteiger partial charge in [-0.2, -0.15) is 0 Å². The number of hydrogen-bond donors (Lipinski definition) is 1. The third-order valence-corrected chi connectivity index (χ3v) is 3.90. The van der Waals surface area contributed by atoms with Crippen molar-refractivity contribution < 1.29 is 4.74 Å². The van der Waals surface area contributed by atoms with Crippen molar-refractivity contribution in [3.8, 4) is 5.88 Å². The molecule has 0 saturated carbocycles. The molecule has 2 unspecified atom stereocenters. The van der Waals surface area contributed by atoms with Crippen molar-refractivity contribution in [3.63, 3.8) is 0 Å². The molecular formula is C11H14IN3O. The van der Waals surface area contributed by atoms with Crippen molar-refractivity contribution in [2.24, 2.45) is 0 Å². The first-order valence-electron chi connectivity index (χ1n) is 5.71. The van der Waals surface area contributed by atoms with Crippen molar-refractivity contribution >= 4 is 22.6 Å². The highest BCUT2D eigenvalue weighted by molar-refractivity contribution is 14.1. The van der Waals surface area contributed by atoms with E-state index in [1.165, 1.54) is 12.8 Å². The zero-order valence-corrected chi connectivity index (χ0v) is 11.1. The van der Waals surface area contributed by atoms with E-state index in [0.29, 0.717) is 24.1 Å². The highest BCUT2D eigenvalue weighted by Crippen LogP contribution is 2.28. The van der Waals surface area contributed by atoms with Gasteiger partial charge in [-0.05, 0) is 54.3 Å². The number of nitrogens with one attached hydrogen (secondary N) is 1. The van der Waals surface area contributed by atoms with Gasteiger partial charge in [-0.25, -0.2) is 0 Å². The summed E-state index contributed by atoms with van der Waals surface area (Å²) < 4.78 is 6.77. The molecule has 16 heavy (non-hydrogen) atoms. The fourth-order valence-corrected chi connectivity index (χ4v) is 2.93.